The summed E-state index contributed by atoms with van der Waals surface area (Å²) >= 11 is 0. The Labute approximate surface area is 164 Å². The molecule has 150 valence electrons. The minimum absolute atomic E-state index is 0.0858. The number of H-pyrrole nitrogens is 1. The number of hydrogen-bond donors (Lipinski definition) is 3. The molecule has 3 amide bonds. The molecule has 1 aromatic heterocycles. The van der Waals surface area contributed by atoms with Gasteiger partial charge in [-0.15, -0.1) is 0 Å². The molecule has 2 fully saturated rings. The molecular weight excluding hydrogens is 356 g/mol. The summed E-state index contributed by atoms with van der Waals surface area (Å²) in [5.74, 6) is -0.0858. The fraction of sp³-hybridized carbons (Fsp3) is 0.524. The number of hydrogen-bond acceptors (Lipinski definition) is 3. The van der Waals surface area contributed by atoms with Crippen LogP contribution in [0.4, 0.5) is 4.79 Å². The quantitative estimate of drug-likeness (QED) is 0.754. The first kappa shape index (κ1) is 18.8. The molecule has 7 nitrogen and oxygen atoms in total. The largest absolute Gasteiger partial charge is 0.371 e. The summed E-state index contributed by atoms with van der Waals surface area (Å²) in [6, 6.07) is 6.57. The Morgan fingerprint density at radius 1 is 1.25 bits per heavy atom. The normalized spacial score (nSPS) is 20.2. The summed E-state index contributed by atoms with van der Waals surface area (Å²) in [5.41, 5.74) is 7.17. The lowest BCUT2D eigenvalue weighted by molar-refractivity contribution is -0.157. The van der Waals surface area contributed by atoms with Crippen molar-refractivity contribution in [3.05, 3.63) is 36.0 Å². The van der Waals surface area contributed by atoms with Crippen LogP contribution in [0.25, 0.3) is 10.9 Å². The number of primary amides is 1. The maximum absolute atomic E-state index is 13.3. The van der Waals surface area contributed by atoms with Gasteiger partial charge in [0.25, 0.3) is 0 Å². The van der Waals surface area contributed by atoms with Crippen molar-refractivity contribution in [2.24, 2.45) is 5.73 Å². The summed E-state index contributed by atoms with van der Waals surface area (Å²) < 4.78 is 6.10. The fourth-order valence-electron chi connectivity index (χ4n) is 4.64. The Kier molecular flexibility index (Phi) is 5.26. The van der Waals surface area contributed by atoms with Gasteiger partial charge in [-0.1, -0.05) is 37.5 Å². The highest BCUT2D eigenvalue weighted by Crippen LogP contribution is 2.34. The maximum Gasteiger partial charge on any atom is 0.312 e. The van der Waals surface area contributed by atoms with Crippen molar-refractivity contribution in [1.82, 2.24) is 15.2 Å². The fourth-order valence-corrected chi connectivity index (χ4v) is 4.64. The molecule has 1 saturated heterocycles. The summed E-state index contributed by atoms with van der Waals surface area (Å²) in [6.07, 6.45) is 7.79. The van der Waals surface area contributed by atoms with Crippen LogP contribution in [0, 0.1) is 0 Å². The predicted molar refractivity (Wildman–Crippen MR) is 107 cm³/mol. The van der Waals surface area contributed by atoms with E-state index < -0.39 is 12.1 Å². The average molecular weight is 384 g/mol. The lowest BCUT2D eigenvalue weighted by atomic mass is 9.83. The Morgan fingerprint density at radius 3 is 2.82 bits per heavy atom. The standard InChI is InChI=1S/C21H28N4O3/c22-20(27)24-18(12-15-13-23-17-7-3-2-6-16(15)17)19(26)25-10-11-28-21(14-25)8-4-1-5-9-21/h2-3,6-7,13,18,23H,1,4-5,8-12,14H2,(H3,22,24,27). The molecule has 4 rings (SSSR count). The number of morpholine rings is 1. The van der Waals surface area contributed by atoms with Gasteiger partial charge in [-0.2, -0.15) is 0 Å². The molecule has 1 saturated carbocycles. The molecule has 2 aromatic rings. The summed E-state index contributed by atoms with van der Waals surface area (Å²) in [7, 11) is 0. The lowest BCUT2D eigenvalue weighted by Gasteiger charge is -2.45. The molecule has 28 heavy (non-hydrogen) atoms. The first-order valence-corrected chi connectivity index (χ1v) is 10.1. The van der Waals surface area contributed by atoms with E-state index in [0.29, 0.717) is 26.1 Å². The third kappa shape index (κ3) is 3.85. The zero-order valence-electron chi connectivity index (χ0n) is 16.1. The molecule has 2 aliphatic rings. The number of aromatic amines is 1. The van der Waals surface area contributed by atoms with Crippen molar-refractivity contribution in [3.8, 4) is 0 Å². The minimum Gasteiger partial charge on any atom is -0.371 e. The second-order valence-corrected chi connectivity index (χ2v) is 7.98. The van der Waals surface area contributed by atoms with Crippen molar-refractivity contribution < 1.29 is 14.3 Å². The third-order valence-electron chi connectivity index (χ3n) is 6.04. The van der Waals surface area contributed by atoms with Gasteiger partial charge < -0.3 is 25.7 Å². The van der Waals surface area contributed by atoms with E-state index >= 15 is 0 Å². The smallest absolute Gasteiger partial charge is 0.312 e. The van der Waals surface area contributed by atoms with Crippen LogP contribution in [0.15, 0.2) is 30.5 Å². The highest BCUT2D eigenvalue weighted by molar-refractivity contribution is 5.89. The average Bonchev–Trinajstić information content (AvgIpc) is 3.10. The molecule has 1 aliphatic heterocycles. The monoisotopic (exact) mass is 384 g/mol. The second-order valence-electron chi connectivity index (χ2n) is 7.98. The predicted octanol–water partition coefficient (Wildman–Crippen LogP) is 2.31. The molecule has 7 heteroatoms. The number of nitrogens with zero attached hydrogens (tertiary/aromatic N) is 1. The Morgan fingerprint density at radius 2 is 2.04 bits per heavy atom. The van der Waals surface area contributed by atoms with Gasteiger partial charge >= 0.3 is 6.03 Å². The van der Waals surface area contributed by atoms with E-state index in [0.717, 1.165) is 42.1 Å². The van der Waals surface area contributed by atoms with Crippen molar-refractivity contribution in [2.45, 2.75) is 50.2 Å². The van der Waals surface area contributed by atoms with Crippen LogP contribution in [0.3, 0.4) is 0 Å². The van der Waals surface area contributed by atoms with Crippen LogP contribution < -0.4 is 11.1 Å². The topological polar surface area (TPSA) is 100 Å². The van der Waals surface area contributed by atoms with Gasteiger partial charge in [0.1, 0.15) is 6.04 Å². The number of aromatic nitrogens is 1. The van der Waals surface area contributed by atoms with Gasteiger partial charge in [-0.3, -0.25) is 4.79 Å². The Balaban J connectivity index is 1.53. The third-order valence-corrected chi connectivity index (χ3v) is 6.04. The first-order chi connectivity index (χ1) is 13.6. The van der Waals surface area contributed by atoms with Gasteiger partial charge in [0.05, 0.1) is 12.2 Å². The van der Waals surface area contributed by atoms with E-state index in [4.69, 9.17) is 10.5 Å². The second kappa shape index (κ2) is 7.83. The van der Waals surface area contributed by atoms with Crippen molar-refractivity contribution >= 4 is 22.8 Å². The molecule has 1 aromatic carbocycles. The molecule has 2 heterocycles. The summed E-state index contributed by atoms with van der Waals surface area (Å²) in [6.45, 7) is 1.68. The van der Waals surface area contributed by atoms with E-state index in [1.165, 1.54) is 6.42 Å². The van der Waals surface area contributed by atoms with Crippen molar-refractivity contribution in [2.75, 3.05) is 19.7 Å². The zero-order chi connectivity index (χ0) is 19.6. The molecule has 1 unspecified atom stereocenters. The number of carbonyl (C=O) groups excluding carboxylic acids is 2. The number of nitrogens with one attached hydrogen (secondary N) is 2. The highest BCUT2D eigenvalue weighted by Gasteiger charge is 2.40. The van der Waals surface area contributed by atoms with Crippen molar-refractivity contribution in [3.63, 3.8) is 0 Å². The van der Waals surface area contributed by atoms with Gasteiger partial charge in [0, 0.05) is 36.6 Å². The van der Waals surface area contributed by atoms with Crippen LogP contribution in [-0.2, 0) is 16.0 Å². The Hall–Kier alpha value is -2.54. The van der Waals surface area contributed by atoms with Gasteiger partial charge in [-0.05, 0) is 24.5 Å². The first-order valence-electron chi connectivity index (χ1n) is 10.1. The van der Waals surface area contributed by atoms with E-state index in [1.54, 1.807) is 0 Å². The number of ether oxygens (including phenoxy) is 1. The molecule has 0 radical (unpaired) electrons. The number of fused-ring (bicyclic) bond motifs is 1. The van der Waals surface area contributed by atoms with Crippen molar-refractivity contribution in [1.29, 1.82) is 0 Å². The highest BCUT2D eigenvalue weighted by atomic mass is 16.5. The van der Waals surface area contributed by atoms with E-state index in [2.05, 4.69) is 10.3 Å². The van der Waals surface area contributed by atoms with E-state index in [1.807, 2.05) is 35.4 Å². The number of amides is 3. The molecule has 1 spiro atoms. The Bertz CT molecular complexity index is 851. The molecule has 1 aliphatic carbocycles. The summed E-state index contributed by atoms with van der Waals surface area (Å²) in [4.78, 5) is 30.0. The van der Waals surface area contributed by atoms with Crippen LogP contribution >= 0.6 is 0 Å². The van der Waals surface area contributed by atoms with Gasteiger partial charge in [0.2, 0.25) is 5.91 Å². The number of rotatable bonds is 4. The molecule has 0 bridgehead atoms. The number of para-hydroxylation sites is 1. The van der Waals surface area contributed by atoms with Gasteiger partial charge in [-0.25, -0.2) is 4.79 Å². The molecular formula is C21H28N4O3. The minimum atomic E-state index is -0.685. The number of urea groups is 1. The number of carbonyl (C=O) groups is 2. The lowest BCUT2D eigenvalue weighted by Crippen LogP contribution is -2.59. The van der Waals surface area contributed by atoms with E-state index in [-0.39, 0.29) is 11.5 Å². The summed E-state index contributed by atoms with van der Waals surface area (Å²) in [5, 5.41) is 3.72. The van der Waals surface area contributed by atoms with E-state index in [9.17, 15) is 9.59 Å². The van der Waals surface area contributed by atoms with Crippen LogP contribution in [0.5, 0.6) is 0 Å². The molecule has 1 atom stereocenters. The SMILES string of the molecule is NC(=O)NC(Cc1c[nH]c2ccccc12)C(=O)N1CCOC2(CCCCC2)C1. The van der Waals surface area contributed by atoms with Crippen LogP contribution in [0.2, 0.25) is 0 Å². The molecule has 4 N–H and O–H groups in total. The van der Waals surface area contributed by atoms with Crippen LogP contribution in [0.1, 0.15) is 37.7 Å². The number of nitrogens with two attached hydrogens (primary N) is 1. The number of benzene rings is 1. The van der Waals surface area contributed by atoms with Crippen LogP contribution in [-0.4, -0.2) is 53.2 Å². The maximum atomic E-state index is 13.3. The van der Waals surface area contributed by atoms with Gasteiger partial charge in [0.15, 0.2) is 0 Å². The zero-order valence-corrected chi connectivity index (χ0v) is 16.1.